The highest BCUT2D eigenvalue weighted by atomic mass is 32.1. The molecule has 14 heavy (non-hydrogen) atoms. The Hall–Kier alpha value is -0.830. The SMILES string of the molecule is CC(C)CC(=O)NCCc1cccs1. The van der Waals surface area contributed by atoms with Crippen LogP contribution in [0.1, 0.15) is 25.1 Å². The van der Waals surface area contributed by atoms with Gasteiger partial charge in [-0.2, -0.15) is 0 Å². The average Bonchev–Trinajstić information content (AvgIpc) is 2.55. The zero-order chi connectivity index (χ0) is 10.4. The summed E-state index contributed by atoms with van der Waals surface area (Å²) in [5, 5.41) is 4.98. The Balaban J connectivity index is 2.12. The number of thiophene rings is 1. The highest BCUT2D eigenvalue weighted by Crippen LogP contribution is 2.08. The highest BCUT2D eigenvalue weighted by molar-refractivity contribution is 7.09. The first kappa shape index (κ1) is 11.2. The minimum absolute atomic E-state index is 0.163. The molecule has 1 aromatic heterocycles. The van der Waals surface area contributed by atoms with E-state index in [4.69, 9.17) is 0 Å². The Morgan fingerprint density at radius 3 is 2.93 bits per heavy atom. The molecule has 0 fully saturated rings. The molecule has 1 aromatic rings. The quantitative estimate of drug-likeness (QED) is 0.796. The predicted molar refractivity (Wildman–Crippen MR) is 60.5 cm³/mol. The van der Waals surface area contributed by atoms with Gasteiger partial charge in [0.1, 0.15) is 0 Å². The van der Waals surface area contributed by atoms with Crippen LogP contribution in [0.3, 0.4) is 0 Å². The normalized spacial score (nSPS) is 10.5. The van der Waals surface area contributed by atoms with Gasteiger partial charge in [-0.25, -0.2) is 0 Å². The lowest BCUT2D eigenvalue weighted by molar-refractivity contribution is -0.121. The van der Waals surface area contributed by atoms with Crippen LogP contribution in [0.4, 0.5) is 0 Å². The maximum absolute atomic E-state index is 11.3. The van der Waals surface area contributed by atoms with Gasteiger partial charge in [-0.15, -0.1) is 11.3 Å². The number of amides is 1. The summed E-state index contributed by atoms with van der Waals surface area (Å²) in [4.78, 5) is 12.6. The van der Waals surface area contributed by atoms with Gasteiger partial charge in [0.05, 0.1) is 0 Å². The number of hydrogen-bond donors (Lipinski definition) is 1. The van der Waals surface area contributed by atoms with Gasteiger partial charge >= 0.3 is 0 Å². The summed E-state index contributed by atoms with van der Waals surface area (Å²) >= 11 is 1.74. The fourth-order valence-corrected chi connectivity index (χ4v) is 1.93. The summed E-state index contributed by atoms with van der Waals surface area (Å²) in [6.07, 6.45) is 1.58. The molecule has 0 atom stereocenters. The van der Waals surface area contributed by atoms with Crippen LogP contribution in [0.5, 0.6) is 0 Å². The third-order valence-corrected chi connectivity index (χ3v) is 2.80. The molecule has 0 bridgehead atoms. The molecule has 3 heteroatoms. The van der Waals surface area contributed by atoms with Gasteiger partial charge in [-0.05, 0) is 23.8 Å². The summed E-state index contributed by atoms with van der Waals surface area (Å²) < 4.78 is 0. The van der Waals surface area contributed by atoms with E-state index in [-0.39, 0.29) is 5.91 Å². The van der Waals surface area contributed by atoms with E-state index in [1.165, 1.54) is 4.88 Å². The molecule has 0 spiro atoms. The van der Waals surface area contributed by atoms with Crippen LogP contribution in [0, 0.1) is 5.92 Å². The van der Waals surface area contributed by atoms with Gasteiger partial charge in [0.15, 0.2) is 0 Å². The fourth-order valence-electron chi connectivity index (χ4n) is 1.22. The summed E-state index contributed by atoms with van der Waals surface area (Å²) in [6.45, 7) is 4.86. The number of carbonyl (C=O) groups excluding carboxylic acids is 1. The molecule has 1 N–H and O–H groups in total. The third-order valence-electron chi connectivity index (χ3n) is 1.87. The molecule has 1 rings (SSSR count). The second-order valence-electron chi connectivity index (χ2n) is 3.78. The number of carbonyl (C=O) groups is 1. The monoisotopic (exact) mass is 211 g/mol. The van der Waals surface area contributed by atoms with Crippen LogP contribution in [-0.2, 0) is 11.2 Å². The first-order chi connectivity index (χ1) is 6.68. The molecule has 0 aliphatic heterocycles. The summed E-state index contributed by atoms with van der Waals surface area (Å²) in [7, 11) is 0. The summed E-state index contributed by atoms with van der Waals surface area (Å²) in [5.41, 5.74) is 0. The lowest BCUT2D eigenvalue weighted by atomic mass is 10.1. The van der Waals surface area contributed by atoms with Gasteiger partial charge in [-0.3, -0.25) is 4.79 Å². The lowest BCUT2D eigenvalue weighted by Gasteiger charge is -2.05. The van der Waals surface area contributed by atoms with Crippen molar-refractivity contribution in [2.24, 2.45) is 5.92 Å². The molecule has 0 aliphatic carbocycles. The summed E-state index contributed by atoms with van der Waals surface area (Å²) in [6, 6.07) is 4.13. The molecule has 78 valence electrons. The molecule has 0 saturated heterocycles. The van der Waals surface area contributed by atoms with E-state index >= 15 is 0 Å². The third kappa shape index (κ3) is 4.42. The van der Waals surface area contributed by atoms with E-state index in [1.807, 2.05) is 6.07 Å². The van der Waals surface area contributed by atoms with Crippen LogP contribution in [0.2, 0.25) is 0 Å². The smallest absolute Gasteiger partial charge is 0.220 e. The Morgan fingerprint density at radius 2 is 2.36 bits per heavy atom. The fraction of sp³-hybridized carbons (Fsp3) is 0.545. The van der Waals surface area contributed by atoms with Gasteiger partial charge < -0.3 is 5.32 Å². The topological polar surface area (TPSA) is 29.1 Å². The van der Waals surface area contributed by atoms with Crippen molar-refractivity contribution in [3.8, 4) is 0 Å². The van der Waals surface area contributed by atoms with Gasteiger partial charge in [0, 0.05) is 17.8 Å². The molecule has 0 saturated carbocycles. The number of rotatable bonds is 5. The van der Waals surface area contributed by atoms with Gasteiger partial charge in [0.2, 0.25) is 5.91 Å². The molecule has 0 aromatic carbocycles. The zero-order valence-corrected chi connectivity index (χ0v) is 9.56. The maximum Gasteiger partial charge on any atom is 0.220 e. The largest absolute Gasteiger partial charge is 0.356 e. The van der Waals surface area contributed by atoms with Crippen molar-refractivity contribution < 1.29 is 4.79 Å². The van der Waals surface area contributed by atoms with Crippen molar-refractivity contribution in [3.63, 3.8) is 0 Å². The Labute approximate surface area is 89.3 Å². The summed E-state index contributed by atoms with van der Waals surface area (Å²) in [5.74, 6) is 0.605. The first-order valence-electron chi connectivity index (χ1n) is 4.97. The molecule has 0 radical (unpaired) electrons. The van der Waals surface area contributed by atoms with Crippen molar-refractivity contribution in [2.75, 3.05) is 6.54 Å². The van der Waals surface area contributed by atoms with Crippen molar-refractivity contribution >= 4 is 17.2 Å². The Morgan fingerprint density at radius 1 is 1.57 bits per heavy atom. The maximum atomic E-state index is 11.3. The second-order valence-corrected chi connectivity index (χ2v) is 4.81. The van der Waals surface area contributed by atoms with Crippen molar-refractivity contribution in [1.82, 2.24) is 5.32 Å². The molecule has 1 heterocycles. The Bertz CT molecular complexity index is 267. The molecule has 2 nitrogen and oxygen atoms in total. The minimum atomic E-state index is 0.163. The van der Waals surface area contributed by atoms with E-state index in [9.17, 15) is 4.79 Å². The molecule has 1 amide bonds. The Kier molecular flexibility index (Phi) is 4.66. The minimum Gasteiger partial charge on any atom is -0.356 e. The molecular weight excluding hydrogens is 194 g/mol. The number of nitrogens with one attached hydrogen (secondary N) is 1. The van der Waals surface area contributed by atoms with E-state index in [0.29, 0.717) is 12.3 Å². The predicted octanol–water partition coefficient (Wildman–Crippen LogP) is 2.45. The van der Waals surface area contributed by atoms with E-state index in [1.54, 1.807) is 11.3 Å². The van der Waals surface area contributed by atoms with Crippen molar-refractivity contribution in [3.05, 3.63) is 22.4 Å². The van der Waals surface area contributed by atoms with Gasteiger partial charge in [-0.1, -0.05) is 19.9 Å². The van der Waals surface area contributed by atoms with Crippen molar-refractivity contribution in [1.29, 1.82) is 0 Å². The van der Waals surface area contributed by atoms with Crippen molar-refractivity contribution in [2.45, 2.75) is 26.7 Å². The van der Waals surface area contributed by atoms with Gasteiger partial charge in [0.25, 0.3) is 0 Å². The zero-order valence-electron chi connectivity index (χ0n) is 8.75. The van der Waals surface area contributed by atoms with Crippen LogP contribution >= 0.6 is 11.3 Å². The first-order valence-corrected chi connectivity index (χ1v) is 5.85. The van der Waals surface area contributed by atoms with Crippen LogP contribution in [0.15, 0.2) is 17.5 Å². The van der Waals surface area contributed by atoms with Crippen LogP contribution in [-0.4, -0.2) is 12.5 Å². The van der Waals surface area contributed by atoms with Crippen LogP contribution in [0.25, 0.3) is 0 Å². The second kappa shape index (κ2) is 5.81. The molecular formula is C11H17NOS. The molecule has 0 unspecified atom stereocenters. The van der Waals surface area contributed by atoms with E-state index in [0.717, 1.165) is 13.0 Å². The van der Waals surface area contributed by atoms with Crippen LogP contribution < -0.4 is 5.32 Å². The highest BCUT2D eigenvalue weighted by Gasteiger charge is 2.03. The lowest BCUT2D eigenvalue weighted by Crippen LogP contribution is -2.26. The molecule has 0 aliphatic rings. The average molecular weight is 211 g/mol. The van der Waals surface area contributed by atoms with E-state index in [2.05, 4.69) is 30.6 Å². The van der Waals surface area contributed by atoms with E-state index < -0.39 is 0 Å². The number of hydrogen-bond acceptors (Lipinski definition) is 2. The standard InChI is InChI=1S/C11H17NOS/c1-9(2)8-11(13)12-6-5-10-4-3-7-14-10/h3-4,7,9H,5-6,8H2,1-2H3,(H,12,13).